The first-order valence-electron chi connectivity index (χ1n) is 5.81. The van der Waals surface area contributed by atoms with E-state index in [1.165, 1.54) is 7.11 Å². The van der Waals surface area contributed by atoms with E-state index >= 15 is 0 Å². The van der Waals surface area contributed by atoms with Crippen molar-refractivity contribution in [3.8, 4) is 0 Å². The van der Waals surface area contributed by atoms with Crippen LogP contribution in [0.1, 0.15) is 26.7 Å². The van der Waals surface area contributed by atoms with Gasteiger partial charge in [-0.25, -0.2) is 4.79 Å². The van der Waals surface area contributed by atoms with Crippen LogP contribution in [0.4, 0.5) is 4.79 Å². The first kappa shape index (κ1) is 15.9. The highest BCUT2D eigenvalue weighted by Gasteiger charge is 2.18. The van der Waals surface area contributed by atoms with Crippen LogP contribution in [0.5, 0.6) is 0 Å². The molecule has 2 amide bonds. The molecule has 0 saturated heterocycles. The Morgan fingerprint density at radius 1 is 1.35 bits per heavy atom. The largest absolute Gasteiger partial charge is 0.453 e. The summed E-state index contributed by atoms with van der Waals surface area (Å²) in [5, 5.41) is 11.1. The number of nitrogens with one attached hydrogen (secondary N) is 1. The number of aliphatic hydroxyl groups is 1. The highest BCUT2D eigenvalue weighted by atomic mass is 16.5. The van der Waals surface area contributed by atoms with Gasteiger partial charge in [0.1, 0.15) is 0 Å². The quantitative estimate of drug-likeness (QED) is 0.677. The van der Waals surface area contributed by atoms with Crippen molar-refractivity contribution in [3.63, 3.8) is 0 Å². The Morgan fingerprint density at radius 2 is 1.94 bits per heavy atom. The molecule has 0 aliphatic carbocycles. The number of nitrogens with zero attached hydrogens (tertiary/aromatic N) is 1. The molecular weight excluding hydrogens is 224 g/mol. The minimum atomic E-state index is -0.761. The van der Waals surface area contributed by atoms with Gasteiger partial charge in [-0.05, 0) is 12.8 Å². The van der Waals surface area contributed by atoms with Crippen molar-refractivity contribution in [1.82, 2.24) is 10.2 Å². The molecule has 0 aromatic rings. The molecule has 0 heterocycles. The molecule has 6 heteroatoms. The SMILES string of the molecule is CCC(CC)N(CCO)CC(=O)NC(=O)OC. The molecule has 0 aliphatic heterocycles. The monoisotopic (exact) mass is 246 g/mol. The fourth-order valence-corrected chi connectivity index (χ4v) is 1.71. The standard InChI is InChI=1S/C11H22N2O4/c1-4-9(5-2)13(6-7-14)8-10(15)12-11(16)17-3/h9,14H,4-8H2,1-3H3,(H,12,15,16). The van der Waals surface area contributed by atoms with Gasteiger partial charge in [-0.1, -0.05) is 13.8 Å². The molecule has 0 bridgehead atoms. The zero-order valence-electron chi connectivity index (χ0n) is 10.7. The highest BCUT2D eigenvalue weighted by molar-refractivity contribution is 5.92. The molecule has 0 aromatic heterocycles. The van der Waals surface area contributed by atoms with Crippen molar-refractivity contribution in [2.24, 2.45) is 0 Å². The Balaban J connectivity index is 4.32. The molecule has 0 atom stereocenters. The molecule has 0 radical (unpaired) electrons. The minimum Gasteiger partial charge on any atom is -0.453 e. The second kappa shape index (κ2) is 8.95. The van der Waals surface area contributed by atoms with Crippen molar-refractivity contribution in [2.45, 2.75) is 32.7 Å². The summed E-state index contributed by atoms with van der Waals surface area (Å²) in [4.78, 5) is 24.2. The van der Waals surface area contributed by atoms with Crippen LogP contribution >= 0.6 is 0 Å². The maximum atomic E-state index is 11.5. The predicted octanol–water partition coefficient (Wildman–Crippen LogP) is 0.352. The number of aliphatic hydroxyl groups excluding tert-OH is 1. The third-order valence-corrected chi connectivity index (χ3v) is 2.62. The Labute approximate surface area is 102 Å². The van der Waals surface area contributed by atoms with Crippen molar-refractivity contribution in [1.29, 1.82) is 0 Å². The third kappa shape index (κ3) is 6.23. The zero-order chi connectivity index (χ0) is 13.3. The fourth-order valence-electron chi connectivity index (χ4n) is 1.71. The van der Waals surface area contributed by atoms with Gasteiger partial charge in [0, 0.05) is 12.6 Å². The minimum absolute atomic E-state index is 0.0119. The van der Waals surface area contributed by atoms with Crippen LogP contribution in [-0.2, 0) is 9.53 Å². The number of hydrogen-bond acceptors (Lipinski definition) is 5. The van der Waals surface area contributed by atoms with Crippen LogP contribution in [0.25, 0.3) is 0 Å². The maximum absolute atomic E-state index is 11.5. The summed E-state index contributed by atoms with van der Waals surface area (Å²) >= 11 is 0. The fraction of sp³-hybridized carbons (Fsp3) is 0.818. The van der Waals surface area contributed by atoms with Gasteiger partial charge in [0.2, 0.25) is 5.91 Å². The summed E-state index contributed by atoms with van der Waals surface area (Å²) in [5.74, 6) is -0.419. The average Bonchev–Trinajstić information content (AvgIpc) is 2.30. The van der Waals surface area contributed by atoms with Gasteiger partial charge in [-0.2, -0.15) is 0 Å². The molecule has 100 valence electrons. The number of imide groups is 1. The Kier molecular flexibility index (Phi) is 8.35. The van der Waals surface area contributed by atoms with E-state index in [0.29, 0.717) is 6.54 Å². The lowest BCUT2D eigenvalue weighted by atomic mass is 10.1. The molecule has 0 rings (SSSR count). The molecule has 0 aromatic carbocycles. The maximum Gasteiger partial charge on any atom is 0.413 e. The smallest absolute Gasteiger partial charge is 0.413 e. The number of carbonyl (C=O) groups is 2. The summed E-state index contributed by atoms with van der Waals surface area (Å²) in [5.41, 5.74) is 0. The highest BCUT2D eigenvalue weighted by Crippen LogP contribution is 2.07. The van der Waals surface area contributed by atoms with Crippen LogP contribution < -0.4 is 5.32 Å². The van der Waals surface area contributed by atoms with E-state index in [2.05, 4.69) is 10.1 Å². The summed E-state index contributed by atoms with van der Waals surface area (Å²) in [6.45, 7) is 4.54. The number of hydrogen-bond donors (Lipinski definition) is 2. The lowest BCUT2D eigenvalue weighted by Crippen LogP contribution is -2.45. The summed E-state index contributed by atoms with van der Waals surface area (Å²) in [6, 6.07) is 0.227. The Bertz CT molecular complexity index is 242. The van der Waals surface area contributed by atoms with Crippen molar-refractivity contribution < 1.29 is 19.4 Å². The predicted molar refractivity (Wildman–Crippen MR) is 63.6 cm³/mol. The van der Waals surface area contributed by atoms with Crippen molar-refractivity contribution in [2.75, 3.05) is 26.8 Å². The summed E-state index contributed by atoms with van der Waals surface area (Å²) in [6.07, 6.45) is 1.02. The first-order valence-corrected chi connectivity index (χ1v) is 5.81. The number of alkyl carbamates (subject to hydrolysis) is 1. The van der Waals surface area contributed by atoms with Crippen LogP contribution in [0.15, 0.2) is 0 Å². The van der Waals surface area contributed by atoms with E-state index in [4.69, 9.17) is 5.11 Å². The van der Waals surface area contributed by atoms with E-state index in [1.54, 1.807) is 0 Å². The van der Waals surface area contributed by atoms with E-state index in [1.807, 2.05) is 18.7 Å². The lowest BCUT2D eigenvalue weighted by molar-refractivity contribution is -0.122. The first-order chi connectivity index (χ1) is 8.08. The molecule has 0 spiro atoms. The van der Waals surface area contributed by atoms with E-state index in [9.17, 15) is 9.59 Å². The van der Waals surface area contributed by atoms with E-state index in [0.717, 1.165) is 12.8 Å². The van der Waals surface area contributed by atoms with Gasteiger partial charge in [0.15, 0.2) is 0 Å². The molecule has 6 nitrogen and oxygen atoms in total. The number of carbonyl (C=O) groups excluding carboxylic acids is 2. The van der Waals surface area contributed by atoms with Crippen molar-refractivity contribution >= 4 is 12.0 Å². The van der Waals surface area contributed by atoms with E-state index in [-0.39, 0.29) is 19.2 Å². The average molecular weight is 246 g/mol. The van der Waals surface area contributed by atoms with Gasteiger partial charge >= 0.3 is 6.09 Å². The molecule has 17 heavy (non-hydrogen) atoms. The molecule has 0 fully saturated rings. The van der Waals surface area contributed by atoms with Gasteiger partial charge < -0.3 is 9.84 Å². The van der Waals surface area contributed by atoms with Crippen LogP contribution in [0.2, 0.25) is 0 Å². The number of rotatable bonds is 7. The molecule has 0 saturated carbocycles. The van der Waals surface area contributed by atoms with Crippen LogP contribution in [0, 0.1) is 0 Å². The van der Waals surface area contributed by atoms with Gasteiger partial charge in [0.25, 0.3) is 0 Å². The topological polar surface area (TPSA) is 78.9 Å². The molecule has 0 unspecified atom stereocenters. The molecule has 0 aliphatic rings. The van der Waals surface area contributed by atoms with Gasteiger partial charge in [-0.3, -0.25) is 15.0 Å². The number of ether oxygens (including phenoxy) is 1. The second-order valence-electron chi connectivity index (χ2n) is 3.70. The second-order valence-corrected chi connectivity index (χ2v) is 3.70. The van der Waals surface area contributed by atoms with Gasteiger partial charge in [0.05, 0.1) is 20.3 Å². The normalized spacial score (nSPS) is 10.7. The lowest BCUT2D eigenvalue weighted by Gasteiger charge is -2.28. The molecular formula is C11H22N2O4. The van der Waals surface area contributed by atoms with Gasteiger partial charge in [-0.15, -0.1) is 0 Å². The Morgan fingerprint density at radius 3 is 2.35 bits per heavy atom. The molecule has 2 N–H and O–H groups in total. The van der Waals surface area contributed by atoms with Crippen LogP contribution in [-0.4, -0.2) is 54.9 Å². The number of methoxy groups -OCH3 is 1. The summed E-state index contributed by atoms with van der Waals surface area (Å²) in [7, 11) is 1.20. The Hall–Kier alpha value is -1.14. The van der Waals surface area contributed by atoms with Crippen LogP contribution in [0.3, 0.4) is 0 Å². The van der Waals surface area contributed by atoms with E-state index < -0.39 is 12.0 Å². The zero-order valence-corrected chi connectivity index (χ0v) is 10.7. The summed E-state index contributed by atoms with van der Waals surface area (Å²) < 4.78 is 4.34. The van der Waals surface area contributed by atoms with Crippen molar-refractivity contribution in [3.05, 3.63) is 0 Å². The third-order valence-electron chi connectivity index (χ3n) is 2.62. The number of amides is 2.